The fourth-order valence-corrected chi connectivity index (χ4v) is 6.50. The second-order valence-corrected chi connectivity index (χ2v) is 12.4. The van der Waals surface area contributed by atoms with Crippen molar-refractivity contribution in [3.05, 3.63) is 85.0 Å². The number of rotatable bonds is 8. The quantitative estimate of drug-likeness (QED) is 0.170. The third kappa shape index (κ3) is 6.59. The summed E-state index contributed by atoms with van der Waals surface area (Å²) in [7, 11) is -2.95. The molecule has 3 aromatic carbocycles. The minimum atomic E-state index is -4.27. The summed E-state index contributed by atoms with van der Waals surface area (Å²) in [5.41, 5.74) is 0.876. The van der Waals surface area contributed by atoms with E-state index in [-0.39, 0.29) is 44.3 Å². The first-order valence-electron chi connectivity index (χ1n) is 11.3. The van der Waals surface area contributed by atoms with Gasteiger partial charge in [-0.15, -0.1) is 0 Å². The van der Waals surface area contributed by atoms with Gasteiger partial charge in [-0.3, -0.25) is 19.3 Å². The van der Waals surface area contributed by atoms with Crippen molar-refractivity contribution in [3.8, 4) is 11.5 Å². The molecule has 0 aromatic heterocycles. The first-order chi connectivity index (χ1) is 18.9. The lowest BCUT2D eigenvalue weighted by atomic mass is 10.1. The number of benzene rings is 3. The van der Waals surface area contributed by atoms with E-state index in [1.807, 2.05) is 22.6 Å². The number of thioether (sulfide) groups is 1. The van der Waals surface area contributed by atoms with Gasteiger partial charge in [0.2, 0.25) is 5.91 Å². The zero-order valence-electron chi connectivity index (χ0n) is 20.7. The minimum absolute atomic E-state index is 0.0244. The zero-order valence-corrected chi connectivity index (χ0v) is 25.3. The van der Waals surface area contributed by atoms with Crippen LogP contribution < -0.4 is 14.2 Å². The fraction of sp³-hybridized carbons (Fsp3) is 0.115. The summed E-state index contributed by atoms with van der Waals surface area (Å²) in [5.74, 6) is -1.58. The van der Waals surface area contributed by atoms with Gasteiger partial charge in [0.15, 0.2) is 11.5 Å². The molecule has 0 spiro atoms. The van der Waals surface area contributed by atoms with E-state index in [1.165, 1.54) is 68.6 Å². The molecule has 0 saturated carbocycles. The molecule has 208 valence electrons. The monoisotopic (exact) mass is 716 g/mol. The third-order valence-corrected chi connectivity index (χ3v) is 8.76. The Morgan fingerprint density at radius 3 is 2.50 bits per heavy atom. The maximum atomic E-state index is 14.2. The van der Waals surface area contributed by atoms with E-state index in [0.29, 0.717) is 26.6 Å². The summed E-state index contributed by atoms with van der Waals surface area (Å²) in [6, 6.07) is 12.5. The van der Waals surface area contributed by atoms with Crippen molar-refractivity contribution in [1.29, 1.82) is 0 Å². The highest BCUT2D eigenvalue weighted by Crippen LogP contribution is 2.39. The van der Waals surface area contributed by atoms with E-state index in [2.05, 4.69) is 5.32 Å². The van der Waals surface area contributed by atoms with Gasteiger partial charge in [-0.1, -0.05) is 17.7 Å². The van der Waals surface area contributed by atoms with Crippen LogP contribution in [-0.4, -0.2) is 37.5 Å². The van der Waals surface area contributed by atoms with Crippen LogP contribution in [0.25, 0.3) is 6.08 Å². The summed E-state index contributed by atoms with van der Waals surface area (Å²) in [5, 5.41) is 2.05. The standard InChI is InChI=1S/C26H19ClFIN2O7S2/c1-14(32)30-16-6-8-17(9-7-16)40(35,36)38-24-21(29)10-15(11-22(24)37-2)12-23-25(33)31(26(34)39-23)13-18-19(27)4-3-5-20(18)28/h3-12H,13H2,1-2H3,(H,30,32)/b23-12-. The van der Waals surface area contributed by atoms with Crippen LogP contribution in [0, 0.1) is 9.39 Å². The van der Waals surface area contributed by atoms with Gasteiger partial charge in [0.1, 0.15) is 10.7 Å². The average Bonchev–Trinajstić information content (AvgIpc) is 3.14. The minimum Gasteiger partial charge on any atom is -0.493 e. The molecule has 1 saturated heterocycles. The second-order valence-electron chi connectivity index (χ2n) is 8.25. The van der Waals surface area contributed by atoms with Crippen LogP contribution >= 0.6 is 46.0 Å². The first-order valence-corrected chi connectivity index (χ1v) is 15.0. The highest BCUT2D eigenvalue weighted by Gasteiger charge is 2.36. The largest absolute Gasteiger partial charge is 0.493 e. The van der Waals surface area contributed by atoms with Gasteiger partial charge in [0, 0.05) is 23.2 Å². The molecule has 1 fully saturated rings. The van der Waals surface area contributed by atoms with Crippen LogP contribution in [0.3, 0.4) is 0 Å². The molecule has 0 aliphatic carbocycles. The molecule has 3 amide bonds. The molecule has 40 heavy (non-hydrogen) atoms. The molecule has 1 aliphatic heterocycles. The Bertz CT molecular complexity index is 1640. The number of hydrogen-bond donors (Lipinski definition) is 1. The highest BCUT2D eigenvalue weighted by molar-refractivity contribution is 14.1. The number of anilines is 1. The van der Waals surface area contributed by atoms with E-state index >= 15 is 0 Å². The van der Waals surface area contributed by atoms with E-state index in [1.54, 1.807) is 6.07 Å². The Labute approximate surface area is 251 Å². The van der Waals surface area contributed by atoms with Crippen molar-refractivity contribution in [1.82, 2.24) is 4.90 Å². The number of nitrogens with one attached hydrogen (secondary N) is 1. The van der Waals surface area contributed by atoms with E-state index in [4.69, 9.17) is 20.5 Å². The van der Waals surface area contributed by atoms with Gasteiger partial charge >= 0.3 is 10.1 Å². The Morgan fingerprint density at radius 2 is 1.88 bits per heavy atom. The van der Waals surface area contributed by atoms with Crippen molar-refractivity contribution in [3.63, 3.8) is 0 Å². The normalized spacial score (nSPS) is 14.5. The third-order valence-electron chi connectivity index (χ3n) is 5.46. The van der Waals surface area contributed by atoms with Crippen LogP contribution in [0.2, 0.25) is 5.02 Å². The van der Waals surface area contributed by atoms with Crippen molar-refractivity contribution in [2.45, 2.75) is 18.4 Å². The molecule has 3 aromatic rings. The maximum Gasteiger partial charge on any atom is 0.339 e. The molecular weight excluding hydrogens is 698 g/mol. The summed E-state index contributed by atoms with van der Waals surface area (Å²) >= 11 is 8.59. The average molecular weight is 717 g/mol. The Morgan fingerprint density at radius 1 is 1.18 bits per heavy atom. The number of amides is 3. The number of ether oxygens (including phenoxy) is 1. The van der Waals surface area contributed by atoms with E-state index in [0.717, 1.165) is 4.90 Å². The van der Waals surface area contributed by atoms with E-state index in [9.17, 15) is 27.2 Å². The predicted octanol–water partition coefficient (Wildman–Crippen LogP) is 6.05. The van der Waals surface area contributed by atoms with Gasteiger partial charge in [0.25, 0.3) is 11.1 Å². The van der Waals surface area contributed by atoms with Crippen molar-refractivity contribution in [2.75, 3.05) is 12.4 Å². The van der Waals surface area contributed by atoms with Crippen molar-refractivity contribution < 1.29 is 36.1 Å². The van der Waals surface area contributed by atoms with Crippen LogP contribution in [0.4, 0.5) is 14.9 Å². The smallest absolute Gasteiger partial charge is 0.339 e. The molecule has 0 radical (unpaired) electrons. The van der Waals surface area contributed by atoms with Crippen molar-refractivity contribution in [2.24, 2.45) is 0 Å². The molecule has 0 unspecified atom stereocenters. The molecule has 4 rings (SSSR count). The van der Waals surface area contributed by atoms with Gasteiger partial charge < -0.3 is 14.2 Å². The number of methoxy groups -OCH3 is 1. The van der Waals surface area contributed by atoms with E-state index < -0.39 is 27.1 Å². The van der Waals surface area contributed by atoms with Crippen LogP contribution in [0.1, 0.15) is 18.1 Å². The lowest BCUT2D eigenvalue weighted by molar-refractivity contribution is -0.123. The van der Waals surface area contributed by atoms with Gasteiger partial charge in [-0.25, -0.2) is 4.39 Å². The molecular formula is C26H19ClFIN2O7S2. The summed E-state index contributed by atoms with van der Waals surface area (Å²) < 4.78 is 51.1. The Kier molecular flexibility index (Phi) is 9.07. The number of nitrogens with zero attached hydrogens (tertiary/aromatic N) is 1. The van der Waals surface area contributed by atoms with Crippen LogP contribution in [0.15, 0.2) is 64.4 Å². The van der Waals surface area contributed by atoms with Gasteiger partial charge in [-0.05, 0) is 94.5 Å². The molecule has 0 bridgehead atoms. The van der Waals surface area contributed by atoms with Gasteiger partial charge in [-0.2, -0.15) is 8.42 Å². The molecule has 1 N–H and O–H groups in total. The predicted molar refractivity (Wildman–Crippen MR) is 157 cm³/mol. The number of halogens is 3. The first kappa shape index (κ1) is 29.8. The highest BCUT2D eigenvalue weighted by atomic mass is 127. The Balaban J connectivity index is 1.58. The summed E-state index contributed by atoms with van der Waals surface area (Å²) in [6.07, 6.45) is 1.44. The molecule has 1 aliphatic rings. The van der Waals surface area contributed by atoms with Crippen LogP contribution in [-0.2, 0) is 26.3 Å². The Hall–Kier alpha value is -3.14. The molecule has 14 heteroatoms. The van der Waals surface area contributed by atoms with Crippen molar-refractivity contribution >= 4 is 84.9 Å². The molecule has 9 nitrogen and oxygen atoms in total. The topological polar surface area (TPSA) is 119 Å². The summed E-state index contributed by atoms with van der Waals surface area (Å²) in [4.78, 5) is 37.5. The number of imide groups is 1. The maximum absolute atomic E-state index is 14.2. The van der Waals surface area contributed by atoms with Crippen LogP contribution in [0.5, 0.6) is 11.5 Å². The lowest BCUT2D eigenvalue weighted by Gasteiger charge is -2.14. The fourth-order valence-electron chi connectivity index (χ4n) is 3.60. The second kappa shape index (κ2) is 12.2. The summed E-state index contributed by atoms with van der Waals surface area (Å²) in [6.45, 7) is 1.00. The number of carbonyl (C=O) groups is 3. The number of hydrogen-bond acceptors (Lipinski definition) is 8. The lowest BCUT2D eigenvalue weighted by Crippen LogP contribution is -2.28. The zero-order chi connectivity index (χ0) is 29.2. The molecule has 0 atom stereocenters. The molecule has 1 heterocycles. The number of carbonyl (C=O) groups excluding carboxylic acids is 3. The van der Waals surface area contributed by atoms with Gasteiger partial charge in [0.05, 0.1) is 22.1 Å². The SMILES string of the molecule is COc1cc(/C=C2\SC(=O)N(Cc3c(F)cccc3Cl)C2=O)cc(I)c1OS(=O)(=O)c1ccc(NC(C)=O)cc1.